The normalized spacial score (nSPS) is 12.1. The molecule has 1 unspecified atom stereocenters. The number of nitrogens with one attached hydrogen (secondary N) is 1. The number of nitrogens with zero attached hydrogens (tertiary/aromatic N) is 2. The second-order valence-electron chi connectivity index (χ2n) is 5.16. The average molecular weight is 361 g/mol. The molecule has 0 bridgehead atoms. The minimum Gasteiger partial charge on any atom is -0.350 e. The Kier molecular flexibility index (Phi) is 9.84. The van der Waals surface area contributed by atoms with Crippen molar-refractivity contribution < 1.29 is 13.6 Å². The minimum atomic E-state index is -3.06. The number of carbonyl (C=O) groups excluding carboxylic acids is 1. The third-order valence-corrected chi connectivity index (χ3v) is 3.44. The van der Waals surface area contributed by atoms with E-state index in [-0.39, 0.29) is 24.8 Å². The topological polar surface area (TPSA) is 72.9 Å². The Bertz CT molecular complexity index is 495. The maximum absolute atomic E-state index is 13.0. The fraction of sp³-hybridized carbons (Fsp3) is 0.692. The van der Waals surface area contributed by atoms with Crippen molar-refractivity contribution in [1.29, 1.82) is 0 Å². The van der Waals surface area contributed by atoms with Gasteiger partial charge in [0.05, 0.1) is 18.8 Å². The van der Waals surface area contributed by atoms with Crippen molar-refractivity contribution in [3.63, 3.8) is 0 Å². The van der Waals surface area contributed by atoms with Crippen LogP contribution in [0.3, 0.4) is 0 Å². The van der Waals surface area contributed by atoms with Gasteiger partial charge in [-0.15, -0.1) is 24.8 Å². The van der Waals surface area contributed by atoms with Gasteiger partial charge in [-0.05, 0) is 25.8 Å². The van der Waals surface area contributed by atoms with E-state index in [0.29, 0.717) is 6.42 Å². The summed E-state index contributed by atoms with van der Waals surface area (Å²) < 4.78 is 27.7. The van der Waals surface area contributed by atoms with Gasteiger partial charge in [-0.25, -0.2) is 8.78 Å². The standard InChI is InChI=1S/C13H22F2N4O.2ClH/c1-8(12(20)17-7-13(14,15)6-16)5-11-9(2)18-19(4)10(11)3;;/h8H,5-7,16H2,1-4H3,(H,17,20);2*1H. The maximum atomic E-state index is 13.0. The van der Waals surface area contributed by atoms with Gasteiger partial charge in [0, 0.05) is 18.7 Å². The molecule has 1 heterocycles. The van der Waals surface area contributed by atoms with E-state index < -0.39 is 30.8 Å². The lowest BCUT2D eigenvalue weighted by molar-refractivity contribution is -0.126. The summed E-state index contributed by atoms with van der Waals surface area (Å²) in [7, 11) is 1.83. The van der Waals surface area contributed by atoms with E-state index in [4.69, 9.17) is 5.73 Å². The third kappa shape index (κ3) is 6.06. The molecule has 0 fully saturated rings. The Morgan fingerprint density at radius 2 is 1.95 bits per heavy atom. The van der Waals surface area contributed by atoms with Gasteiger partial charge in [0.2, 0.25) is 5.91 Å². The zero-order valence-electron chi connectivity index (χ0n) is 13.2. The molecule has 5 nitrogen and oxygen atoms in total. The molecule has 1 atom stereocenters. The quantitative estimate of drug-likeness (QED) is 0.811. The molecule has 0 spiro atoms. The summed E-state index contributed by atoms with van der Waals surface area (Å²) in [5.74, 6) is -3.86. The maximum Gasteiger partial charge on any atom is 0.277 e. The molecule has 1 rings (SSSR count). The van der Waals surface area contributed by atoms with Crippen LogP contribution in [0.4, 0.5) is 8.78 Å². The zero-order valence-corrected chi connectivity index (χ0v) is 14.8. The molecule has 1 aromatic rings. The van der Waals surface area contributed by atoms with Crippen molar-refractivity contribution in [2.45, 2.75) is 33.1 Å². The molecule has 0 saturated heterocycles. The van der Waals surface area contributed by atoms with Crippen LogP contribution < -0.4 is 11.1 Å². The number of aryl methyl sites for hydroxylation is 2. The van der Waals surface area contributed by atoms with Crippen LogP contribution in [0.25, 0.3) is 0 Å². The SMILES string of the molecule is Cc1nn(C)c(C)c1CC(C)C(=O)NCC(F)(F)CN.Cl.Cl. The summed E-state index contributed by atoms with van der Waals surface area (Å²) in [6, 6.07) is 0. The molecule has 1 amide bonds. The Balaban J connectivity index is 0. The molecule has 130 valence electrons. The van der Waals surface area contributed by atoms with Crippen LogP contribution in [0.1, 0.15) is 23.9 Å². The second kappa shape index (κ2) is 9.27. The summed E-state index contributed by atoms with van der Waals surface area (Å²) in [4.78, 5) is 11.8. The lowest BCUT2D eigenvalue weighted by atomic mass is 9.99. The monoisotopic (exact) mass is 360 g/mol. The predicted molar refractivity (Wildman–Crippen MR) is 87.1 cm³/mol. The summed E-state index contributed by atoms with van der Waals surface area (Å²) in [6.07, 6.45) is 0.478. The number of carbonyl (C=O) groups is 1. The number of alkyl halides is 2. The van der Waals surface area contributed by atoms with Crippen LogP contribution in [-0.4, -0.2) is 34.7 Å². The van der Waals surface area contributed by atoms with Gasteiger partial charge in [-0.2, -0.15) is 5.10 Å². The van der Waals surface area contributed by atoms with Gasteiger partial charge < -0.3 is 11.1 Å². The first kappa shape index (κ1) is 23.3. The van der Waals surface area contributed by atoms with E-state index in [1.165, 1.54) is 0 Å². The first-order valence-corrected chi connectivity index (χ1v) is 6.52. The van der Waals surface area contributed by atoms with E-state index in [2.05, 4.69) is 10.4 Å². The number of halogens is 4. The van der Waals surface area contributed by atoms with E-state index in [1.807, 2.05) is 20.9 Å². The lowest BCUT2D eigenvalue weighted by Gasteiger charge is -2.17. The Morgan fingerprint density at radius 1 is 1.41 bits per heavy atom. The molecule has 9 heteroatoms. The molecule has 0 aliphatic heterocycles. The molecule has 0 radical (unpaired) electrons. The minimum absolute atomic E-state index is 0. The molecular formula is C13H24Cl2F2N4O. The van der Waals surface area contributed by atoms with Crippen LogP contribution in [0, 0.1) is 19.8 Å². The average Bonchev–Trinajstić information content (AvgIpc) is 2.62. The lowest BCUT2D eigenvalue weighted by Crippen LogP contribution is -2.43. The second-order valence-corrected chi connectivity index (χ2v) is 5.16. The van der Waals surface area contributed by atoms with Gasteiger partial charge in [0.1, 0.15) is 0 Å². The molecule has 3 N–H and O–H groups in total. The fourth-order valence-electron chi connectivity index (χ4n) is 1.97. The number of hydrogen-bond donors (Lipinski definition) is 2. The van der Waals surface area contributed by atoms with Gasteiger partial charge >= 0.3 is 0 Å². The number of hydrogen-bond acceptors (Lipinski definition) is 3. The van der Waals surface area contributed by atoms with Gasteiger partial charge in [-0.3, -0.25) is 9.48 Å². The number of amides is 1. The van der Waals surface area contributed by atoms with Crippen LogP contribution in [-0.2, 0) is 18.3 Å². The fourth-order valence-corrected chi connectivity index (χ4v) is 1.97. The van der Waals surface area contributed by atoms with Crippen molar-refractivity contribution in [2.24, 2.45) is 18.7 Å². The molecule has 0 aliphatic carbocycles. The Labute approximate surface area is 141 Å². The smallest absolute Gasteiger partial charge is 0.277 e. The molecule has 0 saturated carbocycles. The van der Waals surface area contributed by atoms with Gasteiger partial charge in [-0.1, -0.05) is 6.92 Å². The Morgan fingerprint density at radius 3 is 2.36 bits per heavy atom. The molecule has 0 aliphatic rings. The van der Waals surface area contributed by atoms with Crippen LogP contribution in [0.2, 0.25) is 0 Å². The summed E-state index contributed by atoms with van der Waals surface area (Å²) in [5.41, 5.74) is 7.75. The summed E-state index contributed by atoms with van der Waals surface area (Å²) >= 11 is 0. The largest absolute Gasteiger partial charge is 0.350 e. The Hall–Kier alpha value is -0.920. The van der Waals surface area contributed by atoms with Crippen LogP contribution in [0.15, 0.2) is 0 Å². The number of aromatic nitrogens is 2. The molecule has 22 heavy (non-hydrogen) atoms. The highest BCUT2D eigenvalue weighted by Gasteiger charge is 2.28. The zero-order chi connectivity index (χ0) is 15.5. The number of nitrogens with two attached hydrogens (primary N) is 1. The van der Waals surface area contributed by atoms with E-state index >= 15 is 0 Å². The van der Waals surface area contributed by atoms with Crippen molar-refractivity contribution >= 4 is 30.7 Å². The number of rotatable bonds is 6. The van der Waals surface area contributed by atoms with Crippen LogP contribution in [0.5, 0.6) is 0 Å². The predicted octanol–water partition coefficient (Wildman–Crippen LogP) is 1.77. The van der Waals surface area contributed by atoms with Crippen molar-refractivity contribution in [2.75, 3.05) is 13.1 Å². The van der Waals surface area contributed by atoms with E-state index in [9.17, 15) is 13.6 Å². The summed E-state index contributed by atoms with van der Waals surface area (Å²) in [6.45, 7) is 4.00. The molecular weight excluding hydrogens is 337 g/mol. The van der Waals surface area contributed by atoms with Crippen molar-refractivity contribution in [3.8, 4) is 0 Å². The summed E-state index contributed by atoms with van der Waals surface area (Å²) in [5, 5.41) is 6.51. The van der Waals surface area contributed by atoms with Crippen LogP contribution >= 0.6 is 24.8 Å². The van der Waals surface area contributed by atoms with Crippen molar-refractivity contribution in [1.82, 2.24) is 15.1 Å². The third-order valence-electron chi connectivity index (χ3n) is 3.44. The first-order valence-electron chi connectivity index (χ1n) is 6.52. The van der Waals surface area contributed by atoms with Gasteiger partial charge in [0.15, 0.2) is 0 Å². The highest BCUT2D eigenvalue weighted by atomic mass is 35.5. The highest BCUT2D eigenvalue weighted by molar-refractivity contribution is 5.85. The van der Waals surface area contributed by atoms with E-state index in [0.717, 1.165) is 17.0 Å². The van der Waals surface area contributed by atoms with E-state index in [1.54, 1.807) is 11.6 Å². The molecule has 1 aromatic heterocycles. The van der Waals surface area contributed by atoms with Crippen molar-refractivity contribution in [3.05, 3.63) is 17.0 Å². The molecule has 0 aromatic carbocycles. The highest BCUT2D eigenvalue weighted by Crippen LogP contribution is 2.17. The van der Waals surface area contributed by atoms with Gasteiger partial charge in [0.25, 0.3) is 5.92 Å². The first-order chi connectivity index (χ1) is 9.18.